The lowest BCUT2D eigenvalue weighted by Crippen LogP contribution is -2.50. The number of amides is 2. The van der Waals surface area contributed by atoms with Gasteiger partial charge in [-0.25, -0.2) is 11.3 Å². The Bertz CT molecular complexity index is 2470. The van der Waals surface area contributed by atoms with E-state index in [2.05, 4.69) is 104 Å². The predicted octanol–water partition coefficient (Wildman–Crippen LogP) is 6.33. The molecule has 2 fully saturated rings. The minimum Gasteiger partial charge on any atom is -0.507 e. The van der Waals surface area contributed by atoms with Crippen LogP contribution in [0.15, 0.2) is 153 Å². The Labute approximate surface area is 431 Å². The molecular weight excluding hydrogens is 921 g/mol. The molecule has 2 aliphatic heterocycles. The topological polar surface area (TPSA) is 182 Å². The Kier molecular flexibility index (Phi) is 26.7. The number of benzene rings is 5. The average Bonchev–Trinajstić information content (AvgIpc) is 3.41. The number of nitrogens with zero attached hydrogens (tertiary/aromatic N) is 4. The minimum atomic E-state index is -0.119. The van der Waals surface area contributed by atoms with E-state index in [0.29, 0.717) is 55.6 Å². The molecule has 2 heterocycles. The number of phenolic OH excluding ortho intramolecular Hbond substituents is 1. The van der Waals surface area contributed by atoms with Crippen molar-refractivity contribution >= 4 is 24.4 Å². The molecule has 0 unspecified atom stereocenters. The molecule has 7 rings (SSSR count). The molecule has 5 aromatic carbocycles. The second-order valence-corrected chi connectivity index (χ2v) is 17.3. The van der Waals surface area contributed by atoms with Gasteiger partial charge in [-0.3, -0.25) is 49.6 Å². The molecule has 2 saturated heterocycles. The van der Waals surface area contributed by atoms with Crippen LogP contribution in [0.4, 0.5) is 0 Å². The fourth-order valence-electron chi connectivity index (χ4n) is 8.27. The third-order valence-electron chi connectivity index (χ3n) is 12.0. The second-order valence-electron chi connectivity index (χ2n) is 17.3. The van der Waals surface area contributed by atoms with Gasteiger partial charge in [0.05, 0.1) is 38.4 Å². The number of hydrogen-bond acceptors (Lipinski definition) is 13. The number of hydrazine groups is 2. The van der Waals surface area contributed by atoms with Gasteiger partial charge >= 0.3 is 0 Å². The number of allylic oxidation sites excluding steroid dienone is 3. The standard InChI is InChI=1S/C24H32N4O2.C13H20N4O.C11H12O2.C10H10O2/c1-3-8-21-11-7-12-22(24(21)30-2)17-25-26-23(29)19-28-15-13-27(14-16-28)18-20-9-5-4-6-10-20;14-15-13(18)11-17-8-6-16(7-9-17)10-12-4-2-1-3-5-12;1-3-5-9-6-4-7-10(8-12)11(9)13-2;1-2-4-8-5-3-6-9(7-11)10(8)12/h3-7,9-12,25H,1,8,13-19H2,2H3,(H,26,29);1-5H,6-11,14H2,(H,15,18);3-4,6-8H,1,5H2,2H3;2-3,5-7,12H,1,4H2. The number of aromatic hydroxyl groups is 1. The van der Waals surface area contributed by atoms with Gasteiger partial charge < -0.3 is 14.6 Å². The zero-order chi connectivity index (χ0) is 52.6. The van der Waals surface area contributed by atoms with Gasteiger partial charge in [-0.2, -0.15) is 0 Å². The number of methoxy groups -OCH3 is 2. The number of aldehydes is 2. The van der Waals surface area contributed by atoms with Crippen LogP contribution < -0.4 is 31.6 Å². The number of hydrogen-bond donors (Lipinski definition) is 5. The summed E-state index contributed by atoms with van der Waals surface area (Å²) in [6, 6.07) is 37.6. The van der Waals surface area contributed by atoms with E-state index in [1.165, 1.54) is 11.1 Å². The molecule has 0 radical (unpaired) electrons. The highest BCUT2D eigenvalue weighted by atomic mass is 16.5. The fraction of sp³-hybridized carbons (Fsp3) is 0.310. The van der Waals surface area contributed by atoms with Crippen LogP contribution in [0.25, 0.3) is 0 Å². The van der Waals surface area contributed by atoms with Crippen molar-refractivity contribution in [2.24, 2.45) is 5.84 Å². The Morgan fingerprint density at radius 2 is 0.959 bits per heavy atom. The van der Waals surface area contributed by atoms with Crippen molar-refractivity contribution in [1.82, 2.24) is 35.9 Å². The number of phenols is 1. The molecule has 0 aromatic heterocycles. The third-order valence-corrected chi connectivity index (χ3v) is 12.0. The molecule has 6 N–H and O–H groups in total. The zero-order valence-corrected chi connectivity index (χ0v) is 42.6. The molecule has 73 heavy (non-hydrogen) atoms. The zero-order valence-electron chi connectivity index (χ0n) is 42.6. The maximum atomic E-state index is 12.3. The van der Waals surface area contributed by atoms with E-state index < -0.39 is 0 Å². The lowest BCUT2D eigenvalue weighted by Gasteiger charge is -2.34. The highest BCUT2D eigenvalue weighted by Gasteiger charge is 2.20. The summed E-state index contributed by atoms with van der Waals surface area (Å²) in [6.07, 6.45) is 8.80. The molecular formula is C58H74N8O7. The van der Waals surface area contributed by atoms with Crippen LogP contribution in [-0.4, -0.2) is 129 Å². The van der Waals surface area contributed by atoms with E-state index in [1.807, 2.05) is 48.5 Å². The van der Waals surface area contributed by atoms with Gasteiger partial charge in [-0.1, -0.05) is 121 Å². The number of para-hydroxylation sites is 3. The van der Waals surface area contributed by atoms with Crippen molar-refractivity contribution in [2.75, 3.05) is 79.7 Å². The summed E-state index contributed by atoms with van der Waals surface area (Å²) in [5.74, 6) is 6.50. The number of rotatable bonds is 21. The van der Waals surface area contributed by atoms with Crippen molar-refractivity contribution in [1.29, 1.82) is 0 Å². The Morgan fingerprint density at radius 1 is 0.548 bits per heavy atom. The van der Waals surface area contributed by atoms with Gasteiger partial charge in [-0.15, -0.1) is 19.7 Å². The monoisotopic (exact) mass is 995 g/mol. The van der Waals surface area contributed by atoms with Gasteiger partial charge in [0, 0.05) is 77.6 Å². The van der Waals surface area contributed by atoms with Crippen LogP contribution in [0.2, 0.25) is 0 Å². The van der Waals surface area contributed by atoms with Crippen molar-refractivity contribution in [2.45, 2.75) is 38.9 Å². The van der Waals surface area contributed by atoms with Gasteiger partial charge in [0.15, 0.2) is 12.6 Å². The van der Waals surface area contributed by atoms with E-state index in [0.717, 1.165) is 106 Å². The summed E-state index contributed by atoms with van der Waals surface area (Å²) >= 11 is 0. The van der Waals surface area contributed by atoms with Crippen molar-refractivity contribution < 1.29 is 33.8 Å². The first kappa shape index (κ1) is 58.3. The van der Waals surface area contributed by atoms with Crippen molar-refractivity contribution in [3.05, 3.63) is 198 Å². The first-order chi connectivity index (χ1) is 35.6. The maximum Gasteiger partial charge on any atom is 0.248 e. The number of piperazine rings is 2. The highest BCUT2D eigenvalue weighted by Crippen LogP contribution is 2.25. The third kappa shape index (κ3) is 20.4. The van der Waals surface area contributed by atoms with Gasteiger partial charge in [0.1, 0.15) is 17.2 Å². The van der Waals surface area contributed by atoms with Crippen LogP contribution in [0, 0.1) is 0 Å². The summed E-state index contributed by atoms with van der Waals surface area (Å²) in [6.45, 7) is 21.8. The SMILES string of the molecule is C=CCc1cccc(C=O)c1O.C=CCc1cccc(C=O)c1OC.C=CCc1cccc(CNNC(=O)CN2CCN(Cc3ccccc3)CC2)c1OC.NNC(=O)CN1CCN(Cc2ccccc2)CC1. The molecule has 0 saturated carbocycles. The normalized spacial score (nSPS) is 13.7. The molecule has 15 heteroatoms. The maximum absolute atomic E-state index is 12.3. The molecule has 388 valence electrons. The fourth-order valence-corrected chi connectivity index (χ4v) is 8.27. The van der Waals surface area contributed by atoms with Gasteiger partial charge in [-0.05, 0) is 59.2 Å². The molecule has 0 atom stereocenters. The molecule has 0 spiro atoms. The first-order valence-corrected chi connectivity index (χ1v) is 24.4. The van der Waals surface area contributed by atoms with Crippen LogP contribution in [-0.2, 0) is 48.5 Å². The Morgan fingerprint density at radius 3 is 1.42 bits per heavy atom. The molecule has 0 aliphatic carbocycles. The van der Waals surface area contributed by atoms with Gasteiger partial charge in [0.25, 0.3) is 0 Å². The van der Waals surface area contributed by atoms with E-state index in [9.17, 15) is 24.3 Å². The summed E-state index contributed by atoms with van der Waals surface area (Å²) in [7, 11) is 3.23. The van der Waals surface area contributed by atoms with Crippen molar-refractivity contribution in [3.8, 4) is 17.2 Å². The number of carbonyl (C=O) groups is 4. The molecule has 2 amide bonds. The quantitative estimate of drug-likeness (QED) is 0.0181. The Balaban J connectivity index is 0.000000228. The number of ether oxygens (including phenoxy) is 2. The van der Waals surface area contributed by atoms with Crippen LogP contribution in [0.3, 0.4) is 0 Å². The lowest BCUT2D eigenvalue weighted by atomic mass is 10.1. The van der Waals surface area contributed by atoms with E-state index >= 15 is 0 Å². The van der Waals surface area contributed by atoms with Gasteiger partial charge in [0.2, 0.25) is 11.8 Å². The minimum absolute atomic E-state index is 0.0206. The summed E-state index contributed by atoms with van der Waals surface area (Å²) < 4.78 is 10.7. The predicted molar refractivity (Wildman–Crippen MR) is 290 cm³/mol. The van der Waals surface area contributed by atoms with Crippen LogP contribution in [0.1, 0.15) is 54.1 Å². The molecule has 2 aliphatic rings. The van der Waals surface area contributed by atoms with Crippen LogP contribution in [0.5, 0.6) is 17.2 Å². The highest BCUT2D eigenvalue weighted by molar-refractivity contribution is 5.81. The number of nitrogens with one attached hydrogen (secondary N) is 3. The van der Waals surface area contributed by atoms with Crippen LogP contribution >= 0.6 is 0 Å². The average molecular weight is 995 g/mol. The lowest BCUT2D eigenvalue weighted by molar-refractivity contribution is -0.124. The van der Waals surface area contributed by atoms with E-state index in [4.69, 9.17) is 15.3 Å². The summed E-state index contributed by atoms with van der Waals surface area (Å²) in [4.78, 5) is 53.7. The number of carbonyl (C=O) groups excluding carboxylic acids is 4. The largest absolute Gasteiger partial charge is 0.507 e. The first-order valence-electron chi connectivity index (χ1n) is 24.4. The van der Waals surface area contributed by atoms with E-state index in [-0.39, 0.29) is 17.6 Å². The second kappa shape index (κ2) is 33.4. The smallest absolute Gasteiger partial charge is 0.248 e. The summed E-state index contributed by atoms with van der Waals surface area (Å²) in [5.41, 5.74) is 15.4. The van der Waals surface area contributed by atoms with E-state index in [1.54, 1.807) is 50.6 Å². The molecule has 0 bridgehead atoms. The summed E-state index contributed by atoms with van der Waals surface area (Å²) in [5, 5.41) is 9.44. The Hall–Kier alpha value is -7.24. The molecule has 5 aromatic rings. The number of nitrogens with two attached hydrogens (primary N) is 1. The van der Waals surface area contributed by atoms with Crippen molar-refractivity contribution in [3.63, 3.8) is 0 Å². The molecule has 15 nitrogen and oxygen atoms in total.